The molecule has 0 aliphatic heterocycles. The van der Waals surface area contributed by atoms with Gasteiger partial charge in [0.05, 0.1) is 0 Å². The Bertz CT molecular complexity index is 2150. The largest absolute Gasteiger partial charge is 0.264 e. The summed E-state index contributed by atoms with van der Waals surface area (Å²) in [6.45, 7) is 0. The van der Waals surface area contributed by atoms with Gasteiger partial charge in [0, 0.05) is 18.0 Å². The van der Waals surface area contributed by atoms with Crippen LogP contribution < -0.4 is 0 Å². The van der Waals surface area contributed by atoms with E-state index < -0.39 is 0 Å². The van der Waals surface area contributed by atoms with Gasteiger partial charge in [0.1, 0.15) is 0 Å². The van der Waals surface area contributed by atoms with Crippen LogP contribution in [-0.4, -0.2) is 4.98 Å². The molecule has 7 aromatic carbocycles. The number of pyridine rings is 1. The zero-order valence-electron chi connectivity index (χ0n) is 21.9. The molecule has 0 N–H and O–H groups in total. The second kappa shape index (κ2) is 9.18. The molecule has 186 valence electrons. The standard InChI is InChI=1S/C39H25N/c1-2-11-27-22-29(20-19-26(27)10-1)38-33-15-5-7-17-35(33)39(36-18-8-6-16-34(36)38)37-24-31(30-13-9-21-40-25-30)23-28-12-3-4-14-32(28)37/h1-25H. The molecule has 0 bridgehead atoms. The van der Waals surface area contributed by atoms with Gasteiger partial charge in [-0.05, 0) is 95.2 Å². The van der Waals surface area contributed by atoms with Crippen molar-refractivity contribution in [3.63, 3.8) is 0 Å². The van der Waals surface area contributed by atoms with Gasteiger partial charge in [-0.2, -0.15) is 0 Å². The van der Waals surface area contributed by atoms with E-state index >= 15 is 0 Å². The lowest BCUT2D eigenvalue weighted by Gasteiger charge is -2.20. The molecule has 1 nitrogen and oxygen atoms in total. The van der Waals surface area contributed by atoms with Gasteiger partial charge in [-0.15, -0.1) is 0 Å². The van der Waals surface area contributed by atoms with E-state index in [2.05, 4.69) is 138 Å². The number of aromatic nitrogens is 1. The predicted octanol–water partition coefficient (Wildman–Crippen LogP) is 10.7. The van der Waals surface area contributed by atoms with E-state index in [1.807, 2.05) is 18.5 Å². The fraction of sp³-hybridized carbons (Fsp3) is 0. The molecule has 1 aromatic heterocycles. The summed E-state index contributed by atoms with van der Waals surface area (Å²) in [5.74, 6) is 0. The lowest BCUT2D eigenvalue weighted by molar-refractivity contribution is 1.33. The summed E-state index contributed by atoms with van der Waals surface area (Å²) in [6, 6.07) is 50.7. The van der Waals surface area contributed by atoms with Gasteiger partial charge in [-0.3, -0.25) is 4.98 Å². The first kappa shape index (κ1) is 22.7. The van der Waals surface area contributed by atoms with Crippen LogP contribution in [0.3, 0.4) is 0 Å². The summed E-state index contributed by atoms with van der Waals surface area (Å²) in [7, 11) is 0. The van der Waals surface area contributed by atoms with Crippen LogP contribution in [-0.2, 0) is 0 Å². The van der Waals surface area contributed by atoms with Crippen molar-refractivity contribution in [2.75, 3.05) is 0 Å². The average molecular weight is 508 g/mol. The highest BCUT2D eigenvalue weighted by Gasteiger charge is 2.19. The predicted molar refractivity (Wildman–Crippen MR) is 171 cm³/mol. The number of benzene rings is 7. The first-order chi connectivity index (χ1) is 19.8. The number of nitrogens with zero attached hydrogens (tertiary/aromatic N) is 1. The first-order valence-electron chi connectivity index (χ1n) is 13.7. The van der Waals surface area contributed by atoms with Gasteiger partial charge in [-0.25, -0.2) is 0 Å². The molecular formula is C39H25N. The molecule has 8 rings (SSSR count). The van der Waals surface area contributed by atoms with Gasteiger partial charge in [-0.1, -0.05) is 115 Å². The van der Waals surface area contributed by atoms with E-state index in [4.69, 9.17) is 0 Å². The van der Waals surface area contributed by atoms with Gasteiger partial charge in [0.25, 0.3) is 0 Å². The average Bonchev–Trinajstić information content (AvgIpc) is 3.03. The molecule has 0 aliphatic carbocycles. The monoisotopic (exact) mass is 507 g/mol. The maximum absolute atomic E-state index is 4.41. The van der Waals surface area contributed by atoms with E-state index in [1.54, 1.807) is 0 Å². The van der Waals surface area contributed by atoms with E-state index in [-0.39, 0.29) is 0 Å². The second-order valence-corrected chi connectivity index (χ2v) is 10.4. The van der Waals surface area contributed by atoms with Crippen LogP contribution in [0.4, 0.5) is 0 Å². The Labute approximate surface area is 233 Å². The molecule has 0 aliphatic rings. The summed E-state index contributed by atoms with van der Waals surface area (Å²) in [6.07, 6.45) is 3.78. The highest BCUT2D eigenvalue weighted by Crippen LogP contribution is 2.46. The van der Waals surface area contributed by atoms with Gasteiger partial charge < -0.3 is 0 Å². The van der Waals surface area contributed by atoms with Crippen LogP contribution in [0.2, 0.25) is 0 Å². The molecule has 40 heavy (non-hydrogen) atoms. The van der Waals surface area contributed by atoms with E-state index in [0.29, 0.717) is 0 Å². The third-order valence-corrected chi connectivity index (χ3v) is 8.10. The molecule has 8 aromatic rings. The molecular weight excluding hydrogens is 482 g/mol. The van der Waals surface area contributed by atoms with Crippen LogP contribution in [0.1, 0.15) is 0 Å². The van der Waals surface area contributed by atoms with Gasteiger partial charge in [0.2, 0.25) is 0 Å². The van der Waals surface area contributed by atoms with E-state index in [9.17, 15) is 0 Å². The Kier molecular flexibility index (Phi) is 5.21. The maximum Gasteiger partial charge on any atom is 0.0346 e. The number of hydrogen-bond acceptors (Lipinski definition) is 1. The van der Waals surface area contributed by atoms with Crippen molar-refractivity contribution in [1.29, 1.82) is 0 Å². The molecule has 0 radical (unpaired) electrons. The zero-order chi connectivity index (χ0) is 26.5. The van der Waals surface area contributed by atoms with Crippen molar-refractivity contribution in [2.24, 2.45) is 0 Å². The van der Waals surface area contributed by atoms with Crippen molar-refractivity contribution in [2.45, 2.75) is 0 Å². The third-order valence-electron chi connectivity index (χ3n) is 8.10. The minimum absolute atomic E-state index is 1.12. The fourth-order valence-electron chi connectivity index (χ4n) is 6.29. The number of rotatable bonds is 3. The molecule has 0 saturated carbocycles. The Balaban J connectivity index is 1.51. The molecule has 0 amide bonds. The van der Waals surface area contributed by atoms with Crippen molar-refractivity contribution in [3.8, 4) is 33.4 Å². The summed E-state index contributed by atoms with van der Waals surface area (Å²) >= 11 is 0. The van der Waals surface area contributed by atoms with Crippen LogP contribution in [0.15, 0.2) is 152 Å². The molecule has 0 atom stereocenters. The van der Waals surface area contributed by atoms with Crippen LogP contribution in [0.25, 0.3) is 76.5 Å². The highest BCUT2D eigenvalue weighted by molar-refractivity contribution is 6.24. The third kappa shape index (κ3) is 3.60. The summed E-state index contributed by atoms with van der Waals surface area (Å²) < 4.78 is 0. The molecule has 0 saturated heterocycles. The minimum Gasteiger partial charge on any atom is -0.264 e. The fourth-order valence-corrected chi connectivity index (χ4v) is 6.29. The molecule has 1 heteroatoms. The maximum atomic E-state index is 4.41. The van der Waals surface area contributed by atoms with Crippen LogP contribution in [0, 0.1) is 0 Å². The van der Waals surface area contributed by atoms with Crippen molar-refractivity contribution >= 4 is 43.1 Å². The van der Waals surface area contributed by atoms with Gasteiger partial charge >= 0.3 is 0 Å². The Morgan fingerprint density at radius 3 is 1.60 bits per heavy atom. The minimum atomic E-state index is 1.12. The first-order valence-corrected chi connectivity index (χ1v) is 13.7. The van der Waals surface area contributed by atoms with Crippen LogP contribution >= 0.6 is 0 Å². The second-order valence-electron chi connectivity index (χ2n) is 10.4. The van der Waals surface area contributed by atoms with E-state index in [0.717, 1.165) is 5.56 Å². The van der Waals surface area contributed by atoms with Crippen molar-refractivity contribution in [1.82, 2.24) is 4.98 Å². The zero-order valence-corrected chi connectivity index (χ0v) is 21.9. The molecule has 0 unspecified atom stereocenters. The van der Waals surface area contributed by atoms with Gasteiger partial charge in [0.15, 0.2) is 0 Å². The quantitative estimate of drug-likeness (QED) is 0.217. The number of fused-ring (bicyclic) bond motifs is 4. The highest BCUT2D eigenvalue weighted by atomic mass is 14.6. The lowest BCUT2D eigenvalue weighted by atomic mass is 9.83. The SMILES string of the molecule is c1cncc(-c2cc(-c3c4ccccc4c(-c4ccc5ccccc5c4)c4ccccc34)c3ccccc3c2)c1. The summed E-state index contributed by atoms with van der Waals surface area (Å²) in [5, 5.41) is 10.1. The Morgan fingerprint density at radius 1 is 0.350 bits per heavy atom. The van der Waals surface area contributed by atoms with Crippen molar-refractivity contribution in [3.05, 3.63) is 152 Å². The van der Waals surface area contributed by atoms with Crippen molar-refractivity contribution < 1.29 is 0 Å². The van der Waals surface area contributed by atoms with E-state index in [1.165, 1.54) is 70.9 Å². The smallest absolute Gasteiger partial charge is 0.0346 e. The topological polar surface area (TPSA) is 12.9 Å². The summed E-state index contributed by atoms with van der Waals surface area (Å²) in [5.41, 5.74) is 7.34. The summed E-state index contributed by atoms with van der Waals surface area (Å²) in [4.78, 5) is 4.41. The molecule has 0 fully saturated rings. The lowest BCUT2D eigenvalue weighted by Crippen LogP contribution is -1.92. The molecule has 1 heterocycles. The number of hydrogen-bond donors (Lipinski definition) is 0. The Hall–Kier alpha value is -5.27. The molecule has 0 spiro atoms. The Morgan fingerprint density at radius 2 is 0.925 bits per heavy atom. The normalized spacial score (nSPS) is 11.5. The van der Waals surface area contributed by atoms with Crippen LogP contribution in [0.5, 0.6) is 0 Å².